The van der Waals surface area contributed by atoms with Crippen LogP contribution in [-0.2, 0) is 4.79 Å². The van der Waals surface area contributed by atoms with Gasteiger partial charge in [0.15, 0.2) is 0 Å². The van der Waals surface area contributed by atoms with Crippen LogP contribution in [0.5, 0.6) is 6.01 Å². The van der Waals surface area contributed by atoms with E-state index in [1.807, 2.05) is 6.07 Å². The van der Waals surface area contributed by atoms with E-state index in [0.717, 1.165) is 56.9 Å². The fraction of sp³-hybridized carbons (Fsp3) is 0.750. The summed E-state index contributed by atoms with van der Waals surface area (Å²) in [6, 6.07) is 2.35. The highest BCUT2D eigenvalue weighted by molar-refractivity contribution is 5.73. The van der Waals surface area contributed by atoms with Gasteiger partial charge in [-0.05, 0) is 70.0 Å². The van der Waals surface area contributed by atoms with Crippen LogP contribution in [0.1, 0.15) is 51.9 Å². The number of halogens is 3. The first-order chi connectivity index (χ1) is 14.6. The Bertz CT molecular complexity index is 686. The number of nitrogens with zero attached hydrogens (tertiary/aromatic N) is 2. The first kappa shape index (κ1) is 25.1. The highest BCUT2D eigenvalue weighted by Gasteiger charge is 2.38. The van der Waals surface area contributed by atoms with Gasteiger partial charge in [-0.2, -0.15) is 18.2 Å². The summed E-state index contributed by atoms with van der Waals surface area (Å²) < 4.78 is 37.7. The van der Waals surface area contributed by atoms with Crippen LogP contribution in [0.4, 0.5) is 19.0 Å². The second-order valence-electron chi connectivity index (χ2n) is 8.16. The van der Waals surface area contributed by atoms with Crippen molar-refractivity contribution >= 4 is 11.8 Å². The van der Waals surface area contributed by atoms with Gasteiger partial charge in [-0.1, -0.05) is 6.92 Å². The van der Waals surface area contributed by atoms with E-state index in [1.54, 1.807) is 6.20 Å². The molecule has 0 unspecified atom stereocenters. The average molecular weight is 448 g/mol. The molecule has 0 amide bonds. The van der Waals surface area contributed by atoms with Crippen LogP contribution in [0.15, 0.2) is 12.3 Å². The number of carboxylic acids is 1. The normalized spacial score (nSPS) is 23.3. The fourth-order valence-corrected chi connectivity index (χ4v) is 3.79. The van der Waals surface area contributed by atoms with Crippen molar-refractivity contribution < 1.29 is 32.9 Å². The Morgan fingerprint density at radius 2 is 1.90 bits per heavy atom. The van der Waals surface area contributed by atoms with Crippen LogP contribution in [0.2, 0.25) is 0 Å². The predicted octanol–water partition coefficient (Wildman–Crippen LogP) is 2.98. The van der Waals surface area contributed by atoms with Crippen molar-refractivity contribution in [2.75, 3.05) is 25.0 Å². The number of anilines is 1. The number of aliphatic hydroxyl groups is 1. The van der Waals surface area contributed by atoms with Gasteiger partial charge in [-0.25, -0.2) is 9.78 Å². The zero-order chi connectivity index (χ0) is 22.9. The number of carbonyl (C=O) groups is 1. The van der Waals surface area contributed by atoms with E-state index < -0.39 is 12.1 Å². The van der Waals surface area contributed by atoms with E-state index >= 15 is 0 Å². The molecule has 0 aromatic carbocycles. The molecule has 0 bridgehead atoms. The van der Waals surface area contributed by atoms with Gasteiger partial charge in [0.25, 0.3) is 0 Å². The lowest BCUT2D eigenvalue weighted by Gasteiger charge is -2.38. The third kappa shape index (κ3) is 8.48. The third-order valence-electron chi connectivity index (χ3n) is 5.66. The number of rotatable bonds is 6. The molecule has 1 aromatic heterocycles. The van der Waals surface area contributed by atoms with Crippen molar-refractivity contribution in [1.82, 2.24) is 15.3 Å². The van der Waals surface area contributed by atoms with E-state index in [0.29, 0.717) is 6.01 Å². The molecule has 1 aromatic rings. The number of hydrogen-bond donors (Lipinski definition) is 4. The lowest BCUT2D eigenvalue weighted by molar-refractivity contribution is -0.192. The van der Waals surface area contributed by atoms with Crippen LogP contribution in [0.25, 0.3) is 0 Å². The molecule has 0 spiro atoms. The second kappa shape index (κ2) is 11.5. The molecule has 0 radical (unpaired) electrons. The summed E-state index contributed by atoms with van der Waals surface area (Å²) in [4.78, 5) is 17.7. The Balaban J connectivity index is 0.000000423. The van der Waals surface area contributed by atoms with Crippen molar-refractivity contribution in [2.45, 2.75) is 69.7 Å². The summed E-state index contributed by atoms with van der Waals surface area (Å²) >= 11 is 0. The van der Waals surface area contributed by atoms with Gasteiger partial charge in [0.05, 0.1) is 0 Å². The van der Waals surface area contributed by atoms with Crippen LogP contribution >= 0.6 is 0 Å². The Labute approximate surface area is 179 Å². The van der Waals surface area contributed by atoms with E-state index in [1.165, 1.54) is 12.8 Å². The summed E-state index contributed by atoms with van der Waals surface area (Å²) in [5, 5.41) is 23.5. The summed E-state index contributed by atoms with van der Waals surface area (Å²) in [5.74, 6) is -1.16. The molecule has 0 atom stereocenters. The largest absolute Gasteiger partial charge is 0.490 e. The van der Waals surface area contributed by atoms with Gasteiger partial charge in [0.1, 0.15) is 11.9 Å². The Morgan fingerprint density at radius 1 is 1.29 bits per heavy atom. The minimum Gasteiger partial charge on any atom is -0.475 e. The first-order valence-corrected chi connectivity index (χ1v) is 10.5. The molecular formula is C20H31F3N4O4. The minimum atomic E-state index is -5.08. The van der Waals surface area contributed by atoms with E-state index in [2.05, 4.69) is 27.5 Å². The van der Waals surface area contributed by atoms with E-state index in [4.69, 9.17) is 14.6 Å². The molecule has 2 heterocycles. The maximum absolute atomic E-state index is 10.6. The first-order valence-electron chi connectivity index (χ1n) is 10.5. The Hall–Kier alpha value is -2.14. The molecule has 11 heteroatoms. The van der Waals surface area contributed by atoms with Gasteiger partial charge in [-0.3, -0.25) is 0 Å². The smallest absolute Gasteiger partial charge is 0.475 e. The zero-order valence-electron chi connectivity index (χ0n) is 17.6. The standard InChI is InChI=1S/C18H30N4O2.C2HF3O2/c1-14-2-4-15(5-3-14)24-17-20-10-6-16(21-17)22-18(9-13-23)7-11-19-12-8-18;3-2(4,5)1(6)7/h6,10,14-15,19,23H,2-5,7-9,11-13H2,1H3,(H,20,21,22);(H,6,7). The van der Waals surface area contributed by atoms with Gasteiger partial charge in [0.2, 0.25) is 0 Å². The number of carboxylic acid groups (broad SMARTS) is 1. The van der Waals surface area contributed by atoms with Gasteiger partial charge < -0.3 is 25.6 Å². The Kier molecular flexibility index (Phi) is 9.30. The van der Waals surface area contributed by atoms with Crippen LogP contribution in [-0.4, -0.2) is 63.7 Å². The van der Waals surface area contributed by atoms with Gasteiger partial charge in [-0.15, -0.1) is 0 Å². The maximum atomic E-state index is 10.6. The summed E-state index contributed by atoms with van der Waals surface area (Å²) in [7, 11) is 0. The maximum Gasteiger partial charge on any atom is 0.490 e. The number of aromatic nitrogens is 2. The number of hydrogen-bond acceptors (Lipinski definition) is 7. The lowest BCUT2D eigenvalue weighted by atomic mass is 9.85. The Morgan fingerprint density at radius 3 is 2.45 bits per heavy atom. The molecule has 2 fully saturated rings. The fourth-order valence-electron chi connectivity index (χ4n) is 3.79. The number of aliphatic carboxylic acids is 1. The molecule has 1 saturated carbocycles. The van der Waals surface area contributed by atoms with Gasteiger partial charge >= 0.3 is 18.2 Å². The van der Waals surface area contributed by atoms with Gasteiger partial charge in [0, 0.05) is 18.3 Å². The number of ether oxygens (including phenoxy) is 1. The molecule has 1 aliphatic carbocycles. The van der Waals surface area contributed by atoms with Crippen molar-refractivity contribution in [3.63, 3.8) is 0 Å². The molecule has 31 heavy (non-hydrogen) atoms. The quantitative estimate of drug-likeness (QED) is 0.525. The van der Waals surface area contributed by atoms with Crippen LogP contribution in [0, 0.1) is 5.92 Å². The second-order valence-corrected chi connectivity index (χ2v) is 8.16. The van der Waals surface area contributed by atoms with Crippen molar-refractivity contribution in [1.29, 1.82) is 0 Å². The molecule has 8 nitrogen and oxygen atoms in total. The van der Waals surface area contributed by atoms with E-state index in [9.17, 15) is 18.3 Å². The van der Waals surface area contributed by atoms with Crippen LogP contribution in [0.3, 0.4) is 0 Å². The zero-order valence-corrected chi connectivity index (χ0v) is 17.6. The number of nitrogens with one attached hydrogen (secondary N) is 2. The number of alkyl halides is 3. The average Bonchev–Trinajstić information content (AvgIpc) is 2.71. The SMILES string of the molecule is CC1CCC(Oc2nccc(NC3(CCO)CCNCC3)n2)CC1.O=C(O)C(F)(F)F. The topological polar surface area (TPSA) is 117 Å². The minimum absolute atomic E-state index is 0.0914. The van der Waals surface area contributed by atoms with Crippen LogP contribution < -0.4 is 15.4 Å². The van der Waals surface area contributed by atoms with E-state index in [-0.39, 0.29) is 18.2 Å². The molecule has 2 aliphatic rings. The molecule has 4 N–H and O–H groups in total. The molecular weight excluding hydrogens is 417 g/mol. The summed E-state index contributed by atoms with van der Waals surface area (Å²) in [5.41, 5.74) is -0.0914. The monoisotopic (exact) mass is 448 g/mol. The van der Waals surface area contributed by atoms with Crippen molar-refractivity contribution in [3.05, 3.63) is 12.3 Å². The molecule has 1 aliphatic heterocycles. The number of aliphatic hydroxyl groups excluding tert-OH is 1. The highest BCUT2D eigenvalue weighted by Crippen LogP contribution is 2.29. The molecule has 1 saturated heterocycles. The van der Waals surface area contributed by atoms with Crippen molar-refractivity contribution in [2.24, 2.45) is 5.92 Å². The highest BCUT2D eigenvalue weighted by atomic mass is 19.4. The lowest BCUT2D eigenvalue weighted by Crippen LogP contribution is -2.48. The van der Waals surface area contributed by atoms with Crippen molar-refractivity contribution in [3.8, 4) is 6.01 Å². The predicted molar refractivity (Wildman–Crippen MR) is 108 cm³/mol. The third-order valence-corrected chi connectivity index (χ3v) is 5.66. The summed E-state index contributed by atoms with van der Waals surface area (Å²) in [6.45, 7) is 4.40. The summed E-state index contributed by atoms with van der Waals surface area (Å²) in [6.07, 6.45) is 4.21. The molecule has 3 rings (SSSR count). The molecule has 176 valence electrons. The number of piperidine rings is 1.